The number of halogens is 4. The number of benzene rings is 3. The number of imide groups is 2. The fourth-order valence-electron chi connectivity index (χ4n) is 3.39. The molecule has 1 aliphatic heterocycles. The Kier molecular flexibility index (Phi) is 7.82. The summed E-state index contributed by atoms with van der Waals surface area (Å²) in [7, 11) is -4.33. The minimum Gasteiger partial charge on any atom is -0.377 e. The second-order valence-corrected chi connectivity index (χ2v) is 11.9. The molecular weight excluding hydrogens is 675 g/mol. The summed E-state index contributed by atoms with van der Waals surface area (Å²) in [5.74, 6) is -2.08. The monoisotopic (exact) mass is 686 g/mol. The van der Waals surface area contributed by atoms with Crippen molar-refractivity contribution in [2.45, 2.75) is 11.8 Å². The smallest absolute Gasteiger partial charge is 0.339 e. The highest BCUT2D eigenvalue weighted by Gasteiger charge is 2.38. The molecule has 0 bridgehead atoms. The first-order chi connectivity index (χ1) is 17.4. The van der Waals surface area contributed by atoms with Crippen molar-refractivity contribution in [1.29, 1.82) is 0 Å². The van der Waals surface area contributed by atoms with E-state index in [1.165, 1.54) is 42.5 Å². The van der Waals surface area contributed by atoms with Crippen molar-refractivity contribution in [1.82, 2.24) is 5.32 Å². The summed E-state index contributed by atoms with van der Waals surface area (Å²) >= 11 is 18.5. The molecule has 3 aromatic carbocycles. The first-order valence-corrected chi connectivity index (χ1v) is 14.0. The van der Waals surface area contributed by atoms with E-state index in [0.717, 1.165) is 11.0 Å². The number of nitrogens with zero attached hydrogens (tertiary/aromatic N) is 1. The van der Waals surface area contributed by atoms with E-state index >= 15 is 0 Å². The SMILES string of the molecule is Cc1ccc(Cl)cc1N1C(=O)NC(=O)/C(=C\c2cc(Br)cc(Br)c2OS(=O)(=O)c2ccc(Cl)cc2)C1=O. The first-order valence-electron chi connectivity index (χ1n) is 10.2. The maximum absolute atomic E-state index is 13.4. The summed E-state index contributed by atoms with van der Waals surface area (Å²) in [6.07, 6.45) is 1.14. The number of amides is 4. The molecule has 8 nitrogen and oxygen atoms in total. The van der Waals surface area contributed by atoms with E-state index in [-0.39, 0.29) is 31.4 Å². The zero-order chi connectivity index (χ0) is 27.1. The number of nitrogens with one attached hydrogen (secondary N) is 1. The van der Waals surface area contributed by atoms with E-state index in [2.05, 4.69) is 37.2 Å². The van der Waals surface area contributed by atoms with E-state index in [1.54, 1.807) is 19.1 Å². The number of hydrogen-bond acceptors (Lipinski definition) is 6. The number of hydrogen-bond donors (Lipinski definition) is 1. The molecule has 0 radical (unpaired) electrons. The highest BCUT2D eigenvalue weighted by atomic mass is 79.9. The maximum atomic E-state index is 13.4. The summed E-state index contributed by atoms with van der Waals surface area (Å²) in [6.45, 7) is 1.67. The molecule has 1 N–H and O–H groups in total. The van der Waals surface area contributed by atoms with Crippen LogP contribution in [0.5, 0.6) is 5.75 Å². The van der Waals surface area contributed by atoms with Gasteiger partial charge in [-0.2, -0.15) is 8.42 Å². The van der Waals surface area contributed by atoms with Crippen LogP contribution in [0.2, 0.25) is 10.0 Å². The van der Waals surface area contributed by atoms with Gasteiger partial charge in [0.2, 0.25) is 0 Å². The molecule has 0 spiro atoms. The van der Waals surface area contributed by atoms with Gasteiger partial charge in [-0.1, -0.05) is 45.2 Å². The molecule has 1 fully saturated rings. The van der Waals surface area contributed by atoms with Crippen molar-refractivity contribution < 1.29 is 27.0 Å². The minimum atomic E-state index is -4.33. The second kappa shape index (κ2) is 10.6. The zero-order valence-electron chi connectivity index (χ0n) is 18.6. The van der Waals surface area contributed by atoms with E-state index < -0.39 is 33.5 Å². The number of barbiturate groups is 1. The number of aryl methyl sites for hydroxylation is 1. The van der Waals surface area contributed by atoms with Crippen LogP contribution in [0.1, 0.15) is 11.1 Å². The standard InChI is InChI=1S/C24H14Br2Cl2N2O6S/c1-12-2-3-16(28)11-20(12)30-23(32)18(22(31)29-24(30)33)9-13-8-14(25)10-19(26)21(13)36-37(34,35)17-6-4-15(27)5-7-17/h2-11H,1H3,(H,29,31,33)/b18-9+. The summed E-state index contributed by atoms with van der Waals surface area (Å²) < 4.78 is 32.0. The summed E-state index contributed by atoms with van der Waals surface area (Å²) in [6, 6.07) is 12.0. The fourth-order valence-corrected chi connectivity index (χ4v) is 6.10. The third-order valence-electron chi connectivity index (χ3n) is 5.15. The van der Waals surface area contributed by atoms with Gasteiger partial charge in [0.25, 0.3) is 11.8 Å². The van der Waals surface area contributed by atoms with Gasteiger partial charge in [-0.05, 0) is 83.0 Å². The average Bonchev–Trinajstić information content (AvgIpc) is 2.81. The van der Waals surface area contributed by atoms with Crippen LogP contribution in [0.4, 0.5) is 10.5 Å². The number of anilines is 1. The van der Waals surface area contributed by atoms with Crippen molar-refractivity contribution in [3.63, 3.8) is 0 Å². The highest BCUT2D eigenvalue weighted by Crippen LogP contribution is 2.37. The van der Waals surface area contributed by atoms with Gasteiger partial charge >= 0.3 is 16.1 Å². The van der Waals surface area contributed by atoms with Crippen LogP contribution in [-0.4, -0.2) is 26.3 Å². The lowest BCUT2D eigenvalue weighted by molar-refractivity contribution is -0.122. The Hall–Kier alpha value is -2.70. The van der Waals surface area contributed by atoms with E-state index in [0.29, 0.717) is 15.1 Å². The first kappa shape index (κ1) is 27.3. The third kappa shape index (κ3) is 5.75. The van der Waals surface area contributed by atoms with Crippen LogP contribution in [0.15, 0.2) is 74.0 Å². The van der Waals surface area contributed by atoms with Crippen molar-refractivity contribution in [2.75, 3.05) is 4.90 Å². The molecule has 4 rings (SSSR count). The quantitative estimate of drug-likeness (QED) is 0.193. The zero-order valence-corrected chi connectivity index (χ0v) is 24.1. The molecule has 1 heterocycles. The molecule has 0 atom stereocenters. The molecule has 0 aromatic heterocycles. The Morgan fingerprint density at radius 1 is 0.946 bits per heavy atom. The lowest BCUT2D eigenvalue weighted by Gasteiger charge is -2.27. The van der Waals surface area contributed by atoms with Crippen LogP contribution in [0.25, 0.3) is 6.08 Å². The molecule has 0 unspecified atom stereocenters. The van der Waals surface area contributed by atoms with Crippen LogP contribution in [0.3, 0.4) is 0 Å². The Morgan fingerprint density at radius 2 is 1.59 bits per heavy atom. The Labute approximate surface area is 238 Å². The normalized spacial score (nSPS) is 15.2. The van der Waals surface area contributed by atoms with Crippen LogP contribution in [0, 0.1) is 6.92 Å². The van der Waals surface area contributed by atoms with Gasteiger partial charge in [0.05, 0.1) is 10.2 Å². The molecule has 13 heteroatoms. The summed E-state index contributed by atoms with van der Waals surface area (Å²) in [4.78, 5) is 39.3. The maximum Gasteiger partial charge on any atom is 0.339 e. The van der Waals surface area contributed by atoms with Crippen LogP contribution >= 0.6 is 55.1 Å². The Morgan fingerprint density at radius 3 is 2.27 bits per heavy atom. The Bertz CT molecular complexity index is 1610. The molecule has 0 aliphatic carbocycles. The van der Waals surface area contributed by atoms with E-state index in [4.69, 9.17) is 27.4 Å². The van der Waals surface area contributed by atoms with Crippen molar-refractivity contribution in [3.05, 3.63) is 90.3 Å². The van der Waals surface area contributed by atoms with Gasteiger partial charge in [0.15, 0.2) is 5.75 Å². The lowest BCUT2D eigenvalue weighted by Crippen LogP contribution is -2.54. The van der Waals surface area contributed by atoms with Gasteiger partial charge in [-0.25, -0.2) is 9.69 Å². The van der Waals surface area contributed by atoms with Crippen LogP contribution in [-0.2, 0) is 19.7 Å². The van der Waals surface area contributed by atoms with Crippen LogP contribution < -0.4 is 14.4 Å². The van der Waals surface area contributed by atoms with Crippen molar-refractivity contribution in [2.24, 2.45) is 0 Å². The van der Waals surface area contributed by atoms with E-state index in [1.807, 2.05) is 0 Å². The molecule has 1 aliphatic rings. The molecule has 190 valence electrons. The topological polar surface area (TPSA) is 110 Å². The number of urea groups is 1. The minimum absolute atomic E-state index is 0.0643. The lowest BCUT2D eigenvalue weighted by atomic mass is 10.1. The molecule has 37 heavy (non-hydrogen) atoms. The largest absolute Gasteiger partial charge is 0.377 e. The van der Waals surface area contributed by atoms with E-state index in [9.17, 15) is 22.8 Å². The number of rotatable bonds is 5. The van der Waals surface area contributed by atoms with Gasteiger partial charge in [0, 0.05) is 20.1 Å². The molecule has 0 saturated carbocycles. The predicted octanol–water partition coefficient (Wildman–Crippen LogP) is 6.26. The molecule has 3 aromatic rings. The summed E-state index contributed by atoms with van der Waals surface area (Å²) in [5, 5.41) is 2.74. The highest BCUT2D eigenvalue weighted by molar-refractivity contribution is 9.11. The summed E-state index contributed by atoms with van der Waals surface area (Å²) in [5.41, 5.74) is 0.377. The fraction of sp³-hybridized carbons (Fsp3) is 0.0417. The average molecular weight is 689 g/mol. The number of carbonyl (C=O) groups excluding carboxylic acids is 3. The van der Waals surface area contributed by atoms with Gasteiger partial charge < -0.3 is 4.18 Å². The Balaban J connectivity index is 1.81. The van der Waals surface area contributed by atoms with Gasteiger partial charge in [-0.3, -0.25) is 14.9 Å². The number of carbonyl (C=O) groups is 3. The molecule has 4 amide bonds. The van der Waals surface area contributed by atoms with Gasteiger partial charge in [-0.15, -0.1) is 0 Å². The predicted molar refractivity (Wildman–Crippen MR) is 146 cm³/mol. The molecular formula is C24H14Br2Cl2N2O6S. The van der Waals surface area contributed by atoms with Gasteiger partial charge in [0.1, 0.15) is 10.5 Å². The third-order valence-corrected chi connectivity index (χ3v) is 7.92. The molecule has 1 saturated heterocycles. The van der Waals surface area contributed by atoms with Crippen molar-refractivity contribution in [3.8, 4) is 5.75 Å². The second-order valence-electron chi connectivity index (χ2n) is 7.69. The van der Waals surface area contributed by atoms with Crippen molar-refractivity contribution >= 4 is 94.8 Å².